The van der Waals surface area contributed by atoms with Gasteiger partial charge in [-0.3, -0.25) is 9.59 Å². The van der Waals surface area contributed by atoms with E-state index in [0.717, 1.165) is 32.1 Å². The molecule has 18 heavy (non-hydrogen) atoms. The summed E-state index contributed by atoms with van der Waals surface area (Å²) in [6.45, 7) is 0. The van der Waals surface area contributed by atoms with Gasteiger partial charge in [-0.1, -0.05) is 6.08 Å². The van der Waals surface area contributed by atoms with E-state index in [9.17, 15) is 9.59 Å². The van der Waals surface area contributed by atoms with E-state index in [0.29, 0.717) is 6.04 Å². The third kappa shape index (κ3) is 3.77. The number of thioether (sulfide) groups is 1. The fourth-order valence-electron chi connectivity index (χ4n) is 2.27. The number of nitrogens with zero attached hydrogens (tertiary/aromatic N) is 1. The highest BCUT2D eigenvalue weighted by Crippen LogP contribution is 2.34. The Hall–Kier alpha value is -0.970. The number of hydrogen-bond acceptors (Lipinski definition) is 3. The van der Waals surface area contributed by atoms with Crippen molar-refractivity contribution in [3.05, 3.63) is 11.8 Å². The van der Waals surface area contributed by atoms with Crippen LogP contribution in [0.4, 0.5) is 0 Å². The first kappa shape index (κ1) is 13.5. The molecule has 5 heteroatoms. The van der Waals surface area contributed by atoms with Gasteiger partial charge in [0, 0.05) is 11.7 Å². The highest BCUT2D eigenvalue weighted by Gasteiger charge is 2.34. The molecule has 2 rings (SSSR count). The number of amides is 1. The van der Waals surface area contributed by atoms with Crippen molar-refractivity contribution >= 4 is 23.6 Å². The van der Waals surface area contributed by atoms with Crippen LogP contribution in [0.25, 0.3) is 0 Å². The fraction of sp³-hybridized carbons (Fsp3) is 0.692. The molecule has 0 aromatic rings. The Balaban J connectivity index is 1.90. The van der Waals surface area contributed by atoms with Crippen LogP contribution < -0.4 is 0 Å². The zero-order chi connectivity index (χ0) is 13.0. The van der Waals surface area contributed by atoms with Crippen molar-refractivity contribution in [2.24, 2.45) is 0 Å². The molecule has 1 saturated carbocycles. The van der Waals surface area contributed by atoms with E-state index in [1.165, 1.54) is 23.9 Å². The number of carbonyl (C=O) groups is 2. The topological polar surface area (TPSA) is 57.6 Å². The third-order valence-corrected chi connectivity index (χ3v) is 4.11. The highest BCUT2D eigenvalue weighted by atomic mass is 32.2. The molecule has 0 aromatic carbocycles. The van der Waals surface area contributed by atoms with Crippen molar-refractivity contribution < 1.29 is 14.7 Å². The molecule has 2 aliphatic carbocycles. The minimum absolute atomic E-state index is 0.00327. The molecule has 0 bridgehead atoms. The quantitative estimate of drug-likeness (QED) is 0.803. The molecule has 2 aliphatic rings. The van der Waals surface area contributed by atoms with Gasteiger partial charge in [0.15, 0.2) is 0 Å². The summed E-state index contributed by atoms with van der Waals surface area (Å²) in [4.78, 5) is 24.6. The van der Waals surface area contributed by atoms with E-state index in [2.05, 4.69) is 6.08 Å². The minimum atomic E-state index is -0.859. The van der Waals surface area contributed by atoms with Gasteiger partial charge in [0.1, 0.15) is 0 Å². The van der Waals surface area contributed by atoms with Gasteiger partial charge in [-0.25, -0.2) is 0 Å². The third-order valence-electron chi connectivity index (χ3n) is 3.21. The summed E-state index contributed by atoms with van der Waals surface area (Å²) >= 11 is 1.19. The summed E-state index contributed by atoms with van der Waals surface area (Å²) in [7, 11) is 0. The summed E-state index contributed by atoms with van der Waals surface area (Å²) in [6.07, 6.45) is 8.79. The van der Waals surface area contributed by atoms with Gasteiger partial charge in [-0.05, 0) is 38.5 Å². The van der Waals surface area contributed by atoms with Gasteiger partial charge in [0.05, 0.1) is 11.5 Å². The lowest BCUT2D eigenvalue weighted by Crippen LogP contribution is -2.34. The van der Waals surface area contributed by atoms with Crippen LogP contribution in [0.15, 0.2) is 11.8 Å². The summed E-state index contributed by atoms with van der Waals surface area (Å²) < 4.78 is 0. The van der Waals surface area contributed by atoms with E-state index in [1.807, 2.05) is 4.90 Å². The van der Waals surface area contributed by atoms with Crippen LogP contribution in [-0.2, 0) is 9.59 Å². The molecule has 0 atom stereocenters. The Morgan fingerprint density at radius 2 is 2.11 bits per heavy atom. The average Bonchev–Trinajstić information content (AvgIpc) is 3.15. The maximum absolute atomic E-state index is 12.2. The Labute approximate surface area is 111 Å². The van der Waals surface area contributed by atoms with Gasteiger partial charge < -0.3 is 10.0 Å². The molecular weight excluding hydrogens is 250 g/mol. The minimum Gasteiger partial charge on any atom is -0.481 e. The van der Waals surface area contributed by atoms with Crippen molar-refractivity contribution in [2.45, 2.75) is 44.6 Å². The van der Waals surface area contributed by atoms with Gasteiger partial charge in [-0.15, -0.1) is 11.8 Å². The number of carboxylic acid groups (broad SMARTS) is 1. The predicted molar refractivity (Wildman–Crippen MR) is 71.4 cm³/mol. The van der Waals surface area contributed by atoms with Crippen molar-refractivity contribution in [2.75, 3.05) is 11.5 Å². The van der Waals surface area contributed by atoms with Crippen molar-refractivity contribution in [3.63, 3.8) is 0 Å². The van der Waals surface area contributed by atoms with Gasteiger partial charge in [-0.2, -0.15) is 0 Å². The summed E-state index contributed by atoms with van der Waals surface area (Å²) in [5.74, 6) is -0.497. The molecule has 0 unspecified atom stereocenters. The Kier molecular flexibility index (Phi) is 4.69. The molecule has 100 valence electrons. The summed E-state index contributed by atoms with van der Waals surface area (Å²) in [5, 5.41) is 8.58. The number of hydrogen-bond donors (Lipinski definition) is 1. The first-order valence-electron chi connectivity index (χ1n) is 6.49. The second-order valence-corrected chi connectivity index (χ2v) is 5.81. The Morgan fingerprint density at radius 3 is 2.67 bits per heavy atom. The van der Waals surface area contributed by atoms with Crippen LogP contribution >= 0.6 is 11.8 Å². The molecule has 0 heterocycles. The van der Waals surface area contributed by atoms with Crippen molar-refractivity contribution in [1.82, 2.24) is 4.90 Å². The number of aliphatic carboxylic acids is 1. The smallest absolute Gasteiger partial charge is 0.313 e. The first-order valence-corrected chi connectivity index (χ1v) is 7.64. The van der Waals surface area contributed by atoms with Gasteiger partial charge in [0.25, 0.3) is 0 Å². The molecule has 1 fully saturated rings. The van der Waals surface area contributed by atoms with Crippen LogP contribution in [0.3, 0.4) is 0 Å². The number of carboxylic acids is 1. The van der Waals surface area contributed by atoms with Crippen LogP contribution in [0.2, 0.25) is 0 Å². The van der Waals surface area contributed by atoms with Crippen molar-refractivity contribution in [3.8, 4) is 0 Å². The van der Waals surface area contributed by atoms with E-state index in [4.69, 9.17) is 5.11 Å². The monoisotopic (exact) mass is 269 g/mol. The van der Waals surface area contributed by atoms with E-state index < -0.39 is 5.97 Å². The fourth-order valence-corrected chi connectivity index (χ4v) is 2.86. The summed E-state index contributed by atoms with van der Waals surface area (Å²) in [6, 6.07) is 0.382. The first-order chi connectivity index (χ1) is 8.68. The second-order valence-electron chi connectivity index (χ2n) is 4.82. The van der Waals surface area contributed by atoms with Crippen LogP contribution in [0, 0.1) is 0 Å². The van der Waals surface area contributed by atoms with Gasteiger partial charge >= 0.3 is 5.97 Å². The zero-order valence-electron chi connectivity index (χ0n) is 10.4. The standard InChI is InChI=1S/C13H19NO3S/c15-12(8-18-9-13(16)17)14(11-6-7-11)10-4-2-1-3-5-10/h4,11H,1-3,5-9H2,(H,16,17). The van der Waals surface area contributed by atoms with E-state index >= 15 is 0 Å². The SMILES string of the molecule is O=C(O)CSCC(=O)N(C1=CCCCC1)C1CC1. The number of rotatable bonds is 6. The molecular formula is C13H19NO3S. The van der Waals surface area contributed by atoms with Crippen LogP contribution in [0.1, 0.15) is 38.5 Å². The average molecular weight is 269 g/mol. The summed E-state index contributed by atoms with van der Waals surface area (Å²) in [5.41, 5.74) is 1.17. The molecule has 1 N–H and O–H groups in total. The van der Waals surface area contributed by atoms with Gasteiger partial charge in [0.2, 0.25) is 5.91 Å². The highest BCUT2D eigenvalue weighted by molar-refractivity contribution is 8.00. The zero-order valence-corrected chi connectivity index (χ0v) is 11.2. The van der Waals surface area contributed by atoms with E-state index in [1.54, 1.807) is 0 Å². The van der Waals surface area contributed by atoms with E-state index in [-0.39, 0.29) is 17.4 Å². The number of allylic oxidation sites excluding steroid dienone is 2. The maximum Gasteiger partial charge on any atom is 0.313 e. The predicted octanol–water partition coefficient (Wildman–Crippen LogP) is 2.25. The molecule has 1 amide bonds. The lowest BCUT2D eigenvalue weighted by atomic mass is 10.0. The number of carbonyl (C=O) groups excluding carboxylic acids is 1. The Morgan fingerprint density at radius 1 is 1.33 bits per heavy atom. The normalized spacial score (nSPS) is 19.2. The van der Waals surface area contributed by atoms with Crippen LogP contribution in [-0.4, -0.2) is 39.4 Å². The molecule has 4 nitrogen and oxygen atoms in total. The lowest BCUT2D eigenvalue weighted by molar-refractivity contribution is -0.133. The largest absolute Gasteiger partial charge is 0.481 e. The molecule has 0 aromatic heterocycles. The van der Waals surface area contributed by atoms with Crippen LogP contribution in [0.5, 0.6) is 0 Å². The lowest BCUT2D eigenvalue weighted by Gasteiger charge is -2.27. The Bertz CT molecular complexity index is 363. The molecule has 0 aliphatic heterocycles. The molecule has 0 saturated heterocycles. The van der Waals surface area contributed by atoms with Crippen molar-refractivity contribution in [1.29, 1.82) is 0 Å². The molecule has 0 radical (unpaired) electrons. The molecule has 0 spiro atoms. The second kappa shape index (κ2) is 6.27. The maximum atomic E-state index is 12.2.